The minimum absolute atomic E-state index is 0. The molecule has 0 aliphatic heterocycles. The zero-order valence-corrected chi connectivity index (χ0v) is 17.2. The van der Waals surface area contributed by atoms with E-state index in [0.717, 1.165) is 18.0 Å². The lowest BCUT2D eigenvalue weighted by Crippen LogP contribution is -2.29. The highest BCUT2D eigenvalue weighted by Crippen LogP contribution is 2.29. The molecule has 0 spiro atoms. The van der Waals surface area contributed by atoms with Crippen molar-refractivity contribution in [3.05, 3.63) is 46.2 Å². The molecule has 1 heterocycles. The largest absolute Gasteiger partial charge is 0.493 e. The molecule has 3 rings (SSSR count). The molecule has 0 bridgehead atoms. The third-order valence-electron chi connectivity index (χ3n) is 4.88. The second-order valence-electron chi connectivity index (χ2n) is 6.78. The molecule has 1 fully saturated rings. The fraction of sp³-hybridized carbons (Fsp3) is 0.524. The Morgan fingerprint density at radius 1 is 1.04 bits per heavy atom. The van der Waals surface area contributed by atoms with Gasteiger partial charge in [-0.25, -0.2) is 0 Å². The second kappa shape index (κ2) is 11.5. The lowest BCUT2D eigenvalue weighted by molar-refractivity contribution is 0.287. The Kier molecular flexibility index (Phi) is 9.30. The number of benzene rings is 1. The maximum atomic E-state index is 5.92. The van der Waals surface area contributed by atoms with Gasteiger partial charge in [0, 0.05) is 17.5 Å². The highest BCUT2D eigenvalue weighted by atomic mass is 35.5. The van der Waals surface area contributed by atoms with Crippen molar-refractivity contribution in [2.75, 3.05) is 7.11 Å². The number of rotatable bonds is 7. The summed E-state index contributed by atoms with van der Waals surface area (Å²) >= 11 is 1.71. The monoisotopic (exact) mass is 395 g/mol. The molecule has 1 aromatic heterocycles. The average Bonchev–Trinajstić information content (AvgIpc) is 3.13. The Balaban J connectivity index is 0.00000243. The van der Waals surface area contributed by atoms with Crippen molar-refractivity contribution in [2.45, 2.75) is 64.1 Å². The van der Waals surface area contributed by atoms with Gasteiger partial charge in [-0.05, 0) is 42.0 Å². The van der Waals surface area contributed by atoms with Crippen molar-refractivity contribution >= 4 is 23.7 Å². The Bertz CT molecular complexity index is 625. The van der Waals surface area contributed by atoms with Crippen LogP contribution < -0.4 is 14.8 Å². The van der Waals surface area contributed by atoms with Gasteiger partial charge in [-0.2, -0.15) is 0 Å². The normalized spacial score (nSPS) is 15.6. The van der Waals surface area contributed by atoms with Crippen LogP contribution in [0.2, 0.25) is 0 Å². The third kappa shape index (κ3) is 6.49. The molecule has 5 heteroatoms. The van der Waals surface area contributed by atoms with Gasteiger partial charge in [0.25, 0.3) is 0 Å². The molecule has 1 aliphatic rings. The summed E-state index contributed by atoms with van der Waals surface area (Å²) in [4.78, 5) is 1.22. The number of halogens is 1. The molecule has 1 aliphatic carbocycles. The van der Waals surface area contributed by atoms with Crippen LogP contribution in [0.3, 0.4) is 0 Å². The predicted octanol–water partition coefficient (Wildman–Crippen LogP) is 5.96. The zero-order valence-electron chi connectivity index (χ0n) is 15.5. The first kappa shape index (κ1) is 21.1. The van der Waals surface area contributed by atoms with Crippen molar-refractivity contribution in [2.24, 2.45) is 0 Å². The van der Waals surface area contributed by atoms with Crippen LogP contribution in [-0.4, -0.2) is 13.2 Å². The minimum atomic E-state index is 0. The summed E-state index contributed by atoms with van der Waals surface area (Å²) in [5.74, 6) is 1.62. The highest BCUT2D eigenvalue weighted by molar-refractivity contribution is 7.09. The fourth-order valence-corrected chi connectivity index (χ4v) is 4.02. The van der Waals surface area contributed by atoms with Gasteiger partial charge in [-0.3, -0.25) is 0 Å². The van der Waals surface area contributed by atoms with Crippen LogP contribution in [0, 0.1) is 0 Å². The summed E-state index contributed by atoms with van der Waals surface area (Å²) < 4.78 is 11.5. The molecule has 1 aromatic carbocycles. The number of nitrogens with one attached hydrogen (secondary N) is 1. The molecule has 0 amide bonds. The maximum absolute atomic E-state index is 5.92. The highest BCUT2D eigenvalue weighted by Gasteiger charge is 2.12. The van der Waals surface area contributed by atoms with Crippen LogP contribution in [0.25, 0.3) is 0 Å². The lowest BCUT2D eigenvalue weighted by atomic mass is 9.96. The van der Waals surface area contributed by atoms with Crippen molar-refractivity contribution in [1.82, 2.24) is 5.32 Å². The molecule has 2 aromatic rings. The average molecular weight is 396 g/mol. The smallest absolute Gasteiger partial charge is 0.161 e. The Morgan fingerprint density at radius 3 is 2.50 bits per heavy atom. The summed E-state index contributed by atoms with van der Waals surface area (Å²) in [5, 5.41) is 5.81. The van der Waals surface area contributed by atoms with E-state index in [2.05, 4.69) is 28.9 Å². The zero-order chi connectivity index (χ0) is 17.3. The molecule has 3 nitrogen and oxygen atoms in total. The number of ether oxygens (including phenoxy) is 2. The topological polar surface area (TPSA) is 30.5 Å². The van der Waals surface area contributed by atoms with Crippen molar-refractivity contribution in [3.8, 4) is 11.5 Å². The molecule has 1 N–H and O–H groups in total. The SMILES string of the molecule is COc1cc(CNC2CCCCCCC2)ccc1OCc1cccs1.Cl. The van der Waals surface area contributed by atoms with E-state index >= 15 is 0 Å². The van der Waals surface area contributed by atoms with E-state index in [4.69, 9.17) is 9.47 Å². The summed E-state index contributed by atoms with van der Waals surface area (Å²) in [5.41, 5.74) is 1.25. The fourth-order valence-electron chi connectivity index (χ4n) is 3.41. The Hall–Kier alpha value is -1.23. The summed E-state index contributed by atoms with van der Waals surface area (Å²) in [6.07, 6.45) is 9.52. The van der Waals surface area contributed by atoms with Gasteiger partial charge in [0.15, 0.2) is 11.5 Å². The van der Waals surface area contributed by atoms with Crippen molar-refractivity contribution in [3.63, 3.8) is 0 Å². The number of hydrogen-bond acceptors (Lipinski definition) is 4. The van der Waals surface area contributed by atoms with Gasteiger partial charge in [0.05, 0.1) is 7.11 Å². The third-order valence-corrected chi connectivity index (χ3v) is 5.73. The van der Waals surface area contributed by atoms with Crippen LogP contribution in [0.4, 0.5) is 0 Å². The van der Waals surface area contributed by atoms with Crippen LogP contribution in [-0.2, 0) is 13.2 Å². The van der Waals surface area contributed by atoms with Crippen LogP contribution >= 0.6 is 23.7 Å². The number of thiophene rings is 1. The Morgan fingerprint density at radius 2 is 1.81 bits per heavy atom. The lowest BCUT2D eigenvalue weighted by Gasteiger charge is -2.21. The molecular weight excluding hydrogens is 366 g/mol. The first-order chi connectivity index (χ1) is 12.3. The standard InChI is InChI=1S/C21H29NO2S.ClH/c1-23-21-14-17(15-22-18-8-5-3-2-4-6-9-18)11-12-20(21)24-16-19-10-7-13-25-19;/h7,10-14,18,22H,2-6,8-9,15-16H2,1H3;1H. The molecule has 1 saturated carbocycles. The molecule has 0 saturated heterocycles. The molecule has 0 atom stereocenters. The number of methoxy groups -OCH3 is 1. The van der Waals surface area contributed by atoms with Crippen LogP contribution in [0.15, 0.2) is 35.7 Å². The van der Waals surface area contributed by atoms with Crippen LogP contribution in [0.1, 0.15) is 55.4 Å². The molecular formula is C21H30ClNO2S. The van der Waals surface area contributed by atoms with E-state index < -0.39 is 0 Å². The number of hydrogen-bond donors (Lipinski definition) is 1. The second-order valence-corrected chi connectivity index (χ2v) is 7.81. The van der Waals surface area contributed by atoms with Gasteiger partial charge in [-0.1, -0.05) is 44.2 Å². The maximum Gasteiger partial charge on any atom is 0.161 e. The van der Waals surface area contributed by atoms with Gasteiger partial charge in [-0.15, -0.1) is 23.7 Å². The van der Waals surface area contributed by atoms with Crippen molar-refractivity contribution in [1.29, 1.82) is 0 Å². The van der Waals surface area contributed by atoms with Crippen molar-refractivity contribution < 1.29 is 9.47 Å². The Labute approximate surface area is 167 Å². The first-order valence-corrected chi connectivity index (χ1v) is 10.3. The van der Waals surface area contributed by atoms with E-state index in [9.17, 15) is 0 Å². The van der Waals surface area contributed by atoms with Gasteiger partial charge < -0.3 is 14.8 Å². The quantitative estimate of drug-likeness (QED) is 0.627. The minimum Gasteiger partial charge on any atom is -0.493 e. The molecule has 0 unspecified atom stereocenters. The first-order valence-electron chi connectivity index (χ1n) is 9.40. The van der Waals surface area contributed by atoms with Crippen LogP contribution in [0.5, 0.6) is 11.5 Å². The molecule has 26 heavy (non-hydrogen) atoms. The summed E-state index contributed by atoms with van der Waals surface area (Å²) in [7, 11) is 1.71. The molecule has 144 valence electrons. The predicted molar refractivity (Wildman–Crippen MR) is 112 cm³/mol. The van der Waals surface area contributed by atoms with E-state index in [1.165, 1.54) is 55.4 Å². The van der Waals surface area contributed by atoms with E-state index in [0.29, 0.717) is 12.6 Å². The van der Waals surface area contributed by atoms with E-state index in [-0.39, 0.29) is 12.4 Å². The molecule has 0 radical (unpaired) electrons. The summed E-state index contributed by atoms with van der Waals surface area (Å²) in [6, 6.07) is 11.1. The van der Waals surface area contributed by atoms with Gasteiger partial charge in [0.2, 0.25) is 0 Å². The van der Waals surface area contributed by atoms with Gasteiger partial charge in [0.1, 0.15) is 6.61 Å². The van der Waals surface area contributed by atoms with E-state index in [1.54, 1.807) is 18.4 Å². The summed E-state index contributed by atoms with van der Waals surface area (Å²) in [6.45, 7) is 1.49. The van der Waals surface area contributed by atoms with Gasteiger partial charge >= 0.3 is 0 Å². The van der Waals surface area contributed by atoms with E-state index in [1.807, 2.05) is 12.1 Å².